The average molecular weight is 364 g/mol. The van der Waals surface area contributed by atoms with Gasteiger partial charge in [-0.2, -0.15) is 0 Å². The van der Waals surface area contributed by atoms with Gasteiger partial charge in [0.25, 0.3) is 0 Å². The number of aromatic hydroxyl groups is 1. The molecule has 0 fully saturated rings. The summed E-state index contributed by atoms with van der Waals surface area (Å²) >= 11 is 2.06. The number of hydrogen-bond acceptors (Lipinski definition) is 3. The molecule has 0 aliphatic heterocycles. The number of halogens is 1. The van der Waals surface area contributed by atoms with Gasteiger partial charge in [0, 0.05) is 9.13 Å². The van der Waals surface area contributed by atoms with E-state index >= 15 is 0 Å². The van der Waals surface area contributed by atoms with Crippen molar-refractivity contribution in [1.82, 2.24) is 0 Å². The van der Waals surface area contributed by atoms with E-state index in [1.807, 2.05) is 24.3 Å². The quantitative estimate of drug-likeness (QED) is 0.669. The Morgan fingerprint density at radius 3 is 2.47 bits per heavy atom. The van der Waals surface area contributed by atoms with Crippen LogP contribution in [-0.2, 0) is 0 Å². The van der Waals surface area contributed by atoms with Gasteiger partial charge in [-0.25, -0.2) is 0 Å². The first kappa shape index (κ1) is 12.2. The smallest absolute Gasteiger partial charge is 0.236 e. The van der Waals surface area contributed by atoms with Crippen LogP contribution in [0.1, 0.15) is 0 Å². The molecule has 0 radical (unpaired) electrons. The minimum absolute atomic E-state index is 0.208. The van der Waals surface area contributed by atoms with Crippen molar-refractivity contribution in [1.29, 1.82) is 0 Å². The molecule has 1 heterocycles. The Bertz CT molecular complexity index is 807. The predicted octanol–water partition coefficient (Wildman–Crippen LogP) is 3.77. The lowest BCUT2D eigenvalue weighted by molar-refractivity contribution is 0.449. The molecule has 3 nitrogen and oxygen atoms in total. The van der Waals surface area contributed by atoms with Crippen LogP contribution in [0.3, 0.4) is 0 Å². The van der Waals surface area contributed by atoms with Gasteiger partial charge in [-0.05, 0) is 34.7 Å². The van der Waals surface area contributed by atoms with Gasteiger partial charge in [-0.3, -0.25) is 4.79 Å². The fourth-order valence-corrected chi connectivity index (χ4v) is 2.69. The molecular weight excluding hydrogens is 355 g/mol. The third-order valence-corrected chi connectivity index (χ3v) is 3.78. The van der Waals surface area contributed by atoms with Crippen LogP contribution in [0, 0.1) is 3.57 Å². The molecule has 0 saturated heterocycles. The Hall–Kier alpha value is -1.82. The van der Waals surface area contributed by atoms with Gasteiger partial charge in [0.2, 0.25) is 11.2 Å². The molecule has 3 aromatic rings. The summed E-state index contributed by atoms with van der Waals surface area (Å²) in [4.78, 5) is 12.2. The van der Waals surface area contributed by atoms with Crippen molar-refractivity contribution < 1.29 is 9.52 Å². The zero-order valence-electron chi connectivity index (χ0n) is 9.76. The van der Waals surface area contributed by atoms with Crippen LogP contribution in [0.2, 0.25) is 0 Å². The minimum Gasteiger partial charge on any atom is -0.502 e. The maximum atomic E-state index is 12.2. The molecule has 0 atom stereocenters. The molecule has 0 spiro atoms. The molecule has 0 aliphatic carbocycles. The summed E-state index contributed by atoms with van der Waals surface area (Å²) in [5.41, 5.74) is 0.761. The van der Waals surface area contributed by atoms with E-state index < -0.39 is 5.43 Å². The van der Waals surface area contributed by atoms with Crippen LogP contribution < -0.4 is 5.43 Å². The SMILES string of the molecule is O=c1c(O)c(-c2ccccc2)oc2cccc(I)c12. The largest absolute Gasteiger partial charge is 0.502 e. The van der Waals surface area contributed by atoms with Gasteiger partial charge >= 0.3 is 0 Å². The van der Waals surface area contributed by atoms with Crippen molar-refractivity contribution in [2.45, 2.75) is 0 Å². The maximum absolute atomic E-state index is 12.2. The van der Waals surface area contributed by atoms with E-state index in [2.05, 4.69) is 22.6 Å². The molecule has 19 heavy (non-hydrogen) atoms. The first-order chi connectivity index (χ1) is 9.18. The lowest BCUT2D eigenvalue weighted by Gasteiger charge is -2.06. The minimum atomic E-state index is -0.398. The predicted molar refractivity (Wildman–Crippen MR) is 82.3 cm³/mol. The van der Waals surface area contributed by atoms with E-state index in [0.717, 1.165) is 3.57 Å². The second kappa shape index (κ2) is 4.70. The summed E-state index contributed by atoms with van der Waals surface area (Å²) in [6, 6.07) is 14.4. The van der Waals surface area contributed by atoms with Gasteiger partial charge < -0.3 is 9.52 Å². The van der Waals surface area contributed by atoms with Gasteiger partial charge in [-0.15, -0.1) is 0 Å². The zero-order chi connectivity index (χ0) is 13.4. The average Bonchev–Trinajstić information content (AvgIpc) is 2.43. The fourth-order valence-electron chi connectivity index (χ4n) is 1.97. The first-order valence-electron chi connectivity index (χ1n) is 5.68. The molecule has 2 aromatic carbocycles. The second-order valence-corrected chi connectivity index (χ2v) is 5.25. The highest BCUT2D eigenvalue weighted by molar-refractivity contribution is 14.1. The Morgan fingerprint density at radius 2 is 1.74 bits per heavy atom. The molecular formula is C15H9IO3. The second-order valence-electron chi connectivity index (χ2n) is 4.09. The summed E-state index contributed by atoms with van der Waals surface area (Å²) < 4.78 is 6.45. The van der Waals surface area contributed by atoms with E-state index in [0.29, 0.717) is 16.5 Å². The first-order valence-corrected chi connectivity index (χ1v) is 6.76. The highest BCUT2D eigenvalue weighted by Crippen LogP contribution is 2.30. The molecule has 0 saturated carbocycles. The van der Waals surface area contributed by atoms with E-state index in [4.69, 9.17) is 4.42 Å². The maximum Gasteiger partial charge on any atom is 0.236 e. The third kappa shape index (κ3) is 2.02. The van der Waals surface area contributed by atoms with Crippen LogP contribution in [0.15, 0.2) is 57.7 Å². The summed E-state index contributed by atoms with van der Waals surface area (Å²) in [6.45, 7) is 0. The van der Waals surface area contributed by atoms with Crippen molar-refractivity contribution in [2.24, 2.45) is 0 Å². The van der Waals surface area contributed by atoms with Gasteiger partial charge in [0.1, 0.15) is 5.58 Å². The molecule has 0 aliphatic rings. The van der Waals surface area contributed by atoms with Crippen molar-refractivity contribution >= 4 is 33.6 Å². The monoisotopic (exact) mass is 364 g/mol. The van der Waals surface area contributed by atoms with Gasteiger partial charge in [0.05, 0.1) is 5.39 Å². The molecule has 0 amide bonds. The van der Waals surface area contributed by atoms with Crippen LogP contribution in [-0.4, -0.2) is 5.11 Å². The Balaban J connectivity index is 2.41. The highest BCUT2D eigenvalue weighted by atomic mass is 127. The van der Waals surface area contributed by atoms with Crippen molar-refractivity contribution in [3.8, 4) is 17.1 Å². The van der Waals surface area contributed by atoms with Crippen LogP contribution in [0.4, 0.5) is 0 Å². The van der Waals surface area contributed by atoms with Gasteiger partial charge in [0.15, 0.2) is 5.76 Å². The summed E-state index contributed by atoms with van der Waals surface area (Å²) in [5, 5.41) is 10.5. The number of benzene rings is 2. The van der Waals surface area contributed by atoms with E-state index in [9.17, 15) is 9.90 Å². The third-order valence-electron chi connectivity index (χ3n) is 2.88. The van der Waals surface area contributed by atoms with Crippen LogP contribution in [0.25, 0.3) is 22.3 Å². The number of fused-ring (bicyclic) bond motifs is 1. The van der Waals surface area contributed by atoms with Crippen LogP contribution in [0.5, 0.6) is 5.75 Å². The van der Waals surface area contributed by atoms with Crippen molar-refractivity contribution in [2.75, 3.05) is 0 Å². The van der Waals surface area contributed by atoms with Crippen LogP contribution >= 0.6 is 22.6 Å². The van der Waals surface area contributed by atoms with Crippen molar-refractivity contribution in [3.05, 3.63) is 62.3 Å². The molecule has 1 N–H and O–H groups in total. The molecule has 0 bridgehead atoms. The summed E-state index contributed by atoms with van der Waals surface area (Å²) in [6.07, 6.45) is 0. The topological polar surface area (TPSA) is 50.4 Å². The lowest BCUT2D eigenvalue weighted by Crippen LogP contribution is -2.04. The molecule has 0 unspecified atom stereocenters. The Kier molecular flexibility index (Phi) is 3.02. The molecule has 3 rings (SSSR count). The number of rotatable bonds is 1. The van der Waals surface area contributed by atoms with E-state index in [1.165, 1.54) is 0 Å². The zero-order valence-corrected chi connectivity index (χ0v) is 11.9. The normalized spacial score (nSPS) is 10.8. The lowest BCUT2D eigenvalue weighted by atomic mass is 10.1. The van der Waals surface area contributed by atoms with E-state index in [1.54, 1.807) is 24.3 Å². The Labute approximate surface area is 122 Å². The van der Waals surface area contributed by atoms with Crippen molar-refractivity contribution in [3.63, 3.8) is 0 Å². The summed E-state index contributed by atoms with van der Waals surface area (Å²) in [5.74, 6) is -0.136. The Morgan fingerprint density at radius 1 is 1.00 bits per heavy atom. The highest BCUT2D eigenvalue weighted by Gasteiger charge is 2.16. The van der Waals surface area contributed by atoms with Gasteiger partial charge in [-0.1, -0.05) is 36.4 Å². The fraction of sp³-hybridized carbons (Fsp3) is 0. The molecule has 94 valence electrons. The standard InChI is InChI=1S/C15H9IO3/c16-10-7-4-8-11-12(10)13(17)14(18)15(19-11)9-5-2-1-3-6-9/h1-8,18H. The number of hydrogen-bond donors (Lipinski definition) is 1. The molecule has 1 aromatic heterocycles. The van der Waals surface area contributed by atoms with E-state index in [-0.39, 0.29) is 11.5 Å². The summed E-state index contributed by atoms with van der Waals surface area (Å²) in [7, 11) is 0. The molecule has 4 heteroatoms.